The zero-order valence-electron chi connectivity index (χ0n) is 19.1. The molecule has 0 spiro atoms. The number of benzene rings is 3. The Labute approximate surface area is 192 Å². The zero-order chi connectivity index (χ0) is 22.3. The fourth-order valence-electron chi connectivity index (χ4n) is 3.70. The highest BCUT2D eigenvalue weighted by atomic mass is 16.5. The maximum Gasteiger partial charge on any atom is 0.131 e. The van der Waals surface area contributed by atoms with Crippen molar-refractivity contribution in [2.45, 2.75) is 45.6 Å². The van der Waals surface area contributed by atoms with Gasteiger partial charge in [0.2, 0.25) is 0 Å². The molecule has 1 aliphatic rings. The molecule has 1 unspecified atom stereocenters. The Hall–Kier alpha value is -3.20. The number of nitrogens with one attached hydrogen (secondary N) is 1. The summed E-state index contributed by atoms with van der Waals surface area (Å²) in [4.78, 5) is 0. The van der Waals surface area contributed by atoms with Gasteiger partial charge in [0.15, 0.2) is 0 Å². The number of ether oxygens (including phenoxy) is 2. The van der Waals surface area contributed by atoms with E-state index in [0.717, 1.165) is 48.3 Å². The lowest BCUT2D eigenvalue weighted by Crippen LogP contribution is -2.15. The summed E-state index contributed by atoms with van der Waals surface area (Å²) in [6, 6.07) is 25.4. The van der Waals surface area contributed by atoms with Crippen molar-refractivity contribution in [3.05, 3.63) is 102 Å². The third kappa shape index (κ3) is 6.65. The molecule has 0 heterocycles. The first-order valence-corrected chi connectivity index (χ1v) is 11.6. The van der Waals surface area contributed by atoms with Crippen molar-refractivity contribution in [1.82, 2.24) is 5.32 Å². The number of hydrogen-bond donors (Lipinski definition) is 1. The molecule has 1 saturated carbocycles. The van der Waals surface area contributed by atoms with Gasteiger partial charge in [-0.3, -0.25) is 0 Å². The van der Waals surface area contributed by atoms with Crippen LogP contribution in [0.2, 0.25) is 0 Å². The van der Waals surface area contributed by atoms with Gasteiger partial charge < -0.3 is 14.8 Å². The first kappa shape index (κ1) is 22.0. The monoisotopic (exact) mass is 427 g/mol. The smallest absolute Gasteiger partial charge is 0.131 e. The molecule has 1 atom stereocenters. The Kier molecular flexibility index (Phi) is 7.16. The number of allylic oxidation sites excluding steroid dienone is 1. The molecule has 3 heteroatoms. The van der Waals surface area contributed by atoms with E-state index in [4.69, 9.17) is 9.47 Å². The molecule has 0 amide bonds. The summed E-state index contributed by atoms with van der Waals surface area (Å²) in [7, 11) is 0. The molecule has 0 aromatic heterocycles. The molecule has 3 aromatic rings. The third-order valence-electron chi connectivity index (χ3n) is 5.79. The van der Waals surface area contributed by atoms with Crippen molar-refractivity contribution in [2.24, 2.45) is 5.92 Å². The van der Waals surface area contributed by atoms with Crippen LogP contribution in [-0.4, -0.2) is 6.61 Å². The van der Waals surface area contributed by atoms with Crippen LogP contribution in [-0.2, 0) is 12.8 Å². The first-order chi connectivity index (χ1) is 15.5. The Morgan fingerprint density at radius 1 is 0.906 bits per heavy atom. The second-order valence-corrected chi connectivity index (χ2v) is 8.86. The van der Waals surface area contributed by atoms with Crippen LogP contribution in [0.4, 0.5) is 0 Å². The number of hydrogen-bond acceptors (Lipinski definition) is 3. The van der Waals surface area contributed by atoms with E-state index in [1.165, 1.54) is 29.5 Å². The summed E-state index contributed by atoms with van der Waals surface area (Å²) in [5, 5.41) is 3.36. The molecule has 0 saturated heterocycles. The fraction of sp³-hybridized carbons (Fsp3) is 0.310. The molecule has 1 N–H and O–H groups in total. The Morgan fingerprint density at radius 3 is 2.16 bits per heavy atom. The minimum atomic E-state index is 0.277. The van der Waals surface area contributed by atoms with Gasteiger partial charge in [-0.15, -0.1) is 0 Å². The van der Waals surface area contributed by atoms with Crippen LogP contribution in [0.1, 0.15) is 49.4 Å². The highest BCUT2D eigenvalue weighted by molar-refractivity contribution is 5.38. The topological polar surface area (TPSA) is 30.5 Å². The lowest BCUT2D eigenvalue weighted by atomic mass is 10.0. The standard InChI is InChI=1S/C29H33NO2/c1-21(2)30-22(3)26-15-11-23(12-16-26)7-8-24-13-17-27(18-14-24)32-29-6-4-5-28(19-29)31-20-25-9-10-25/h4-6,11-19,22,25,30H,1,7-10,20H2,2-3H3. The summed E-state index contributed by atoms with van der Waals surface area (Å²) < 4.78 is 11.9. The fourth-order valence-corrected chi connectivity index (χ4v) is 3.70. The van der Waals surface area contributed by atoms with E-state index in [2.05, 4.69) is 55.2 Å². The summed E-state index contributed by atoms with van der Waals surface area (Å²) in [6.07, 6.45) is 4.60. The Morgan fingerprint density at radius 2 is 1.53 bits per heavy atom. The summed E-state index contributed by atoms with van der Waals surface area (Å²) >= 11 is 0. The Balaban J connectivity index is 1.27. The van der Waals surface area contributed by atoms with E-state index in [0.29, 0.717) is 0 Å². The van der Waals surface area contributed by atoms with Crippen molar-refractivity contribution in [3.63, 3.8) is 0 Å². The van der Waals surface area contributed by atoms with E-state index < -0.39 is 0 Å². The minimum Gasteiger partial charge on any atom is -0.493 e. The van der Waals surface area contributed by atoms with Gasteiger partial charge in [-0.05, 0) is 86.4 Å². The summed E-state index contributed by atoms with van der Waals surface area (Å²) in [5.41, 5.74) is 4.92. The van der Waals surface area contributed by atoms with Gasteiger partial charge >= 0.3 is 0 Å². The first-order valence-electron chi connectivity index (χ1n) is 11.6. The van der Waals surface area contributed by atoms with Gasteiger partial charge in [-0.1, -0.05) is 49.0 Å². The van der Waals surface area contributed by atoms with Crippen LogP contribution in [0.5, 0.6) is 17.2 Å². The lowest BCUT2D eigenvalue weighted by Gasteiger charge is -2.15. The molecule has 0 bridgehead atoms. The highest BCUT2D eigenvalue weighted by Gasteiger charge is 2.21. The molecule has 3 aromatic carbocycles. The zero-order valence-corrected chi connectivity index (χ0v) is 19.1. The largest absolute Gasteiger partial charge is 0.493 e. The normalized spacial score (nSPS) is 13.9. The van der Waals surface area contributed by atoms with Crippen LogP contribution in [0, 0.1) is 5.92 Å². The predicted octanol–water partition coefficient (Wildman–Crippen LogP) is 7.24. The van der Waals surface area contributed by atoms with E-state index in [-0.39, 0.29) is 6.04 Å². The van der Waals surface area contributed by atoms with Crippen molar-refractivity contribution >= 4 is 0 Å². The molecule has 1 fully saturated rings. The molecule has 32 heavy (non-hydrogen) atoms. The molecular weight excluding hydrogens is 394 g/mol. The van der Waals surface area contributed by atoms with Gasteiger partial charge in [0, 0.05) is 17.8 Å². The predicted molar refractivity (Wildman–Crippen MR) is 131 cm³/mol. The van der Waals surface area contributed by atoms with E-state index >= 15 is 0 Å². The van der Waals surface area contributed by atoms with Crippen molar-refractivity contribution in [3.8, 4) is 17.2 Å². The molecule has 0 aliphatic heterocycles. The molecule has 1 aliphatic carbocycles. The van der Waals surface area contributed by atoms with Crippen LogP contribution in [0.25, 0.3) is 0 Å². The Bertz CT molecular complexity index is 1020. The minimum absolute atomic E-state index is 0.277. The lowest BCUT2D eigenvalue weighted by molar-refractivity contribution is 0.298. The van der Waals surface area contributed by atoms with E-state index in [1.54, 1.807) is 0 Å². The maximum atomic E-state index is 6.03. The maximum absolute atomic E-state index is 6.03. The van der Waals surface area contributed by atoms with Crippen molar-refractivity contribution in [1.29, 1.82) is 0 Å². The van der Waals surface area contributed by atoms with Crippen molar-refractivity contribution < 1.29 is 9.47 Å². The van der Waals surface area contributed by atoms with Gasteiger partial charge in [0.1, 0.15) is 17.2 Å². The molecule has 4 rings (SSSR count). The summed E-state index contributed by atoms with van der Waals surface area (Å²) in [5.74, 6) is 3.27. The average Bonchev–Trinajstić information content (AvgIpc) is 3.62. The molecular formula is C29H33NO2. The average molecular weight is 428 g/mol. The van der Waals surface area contributed by atoms with Gasteiger partial charge in [0.25, 0.3) is 0 Å². The van der Waals surface area contributed by atoms with Gasteiger partial charge in [0.05, 0.1) is 6.61 Å². The second kappa shape index (κ2) is 10.4. The van der Waals surface area contributed by atoms with Crippen LogP contribution >= 0.6 is 0 Å². The van der Waals surface area contributed by atoms with E-state index in [9.17, 15) is 0 Å². The van der Waals surface area contributed by atoms with Gasteiger partial charge in [-0.25, -0.2) is 0 Å². The molecule has 166 valence electrons. The second-order valence-electron chi connectivity index (χ2n) is 8.86. The third-order valence-corrected chi connectivity index (χ3v) is 5.79. The molecule has 0 radical (unpaired) electrons. The summed E-state index contributed by atoms with van der Waals surface area (Å²) in [6.45, 7) is 8.88. The van der Waals surface area contributed by atoms with Gasteiger partial charge in [-0.2, -0.15) is 0 Å². The SMILES string of the molecule is C=C(C)NC(C)c1ccc(CCc2ccc(Oc3cccc(OCC4CC4)c3)cc2)cc1. The quantitative estimate of drug-likeness (QED) is 0.350. The highest BCUT2D eigenvalue weighted by Crippen LogP contribution is 2.31. The van der Waals surface area contributed by atoms with Crippen LogP contribution in [0.3, 0.4) is 0 Å². The van der Waals surface area contributed by atoms with Crippen molar-refractivity contribution in [2.75, 3.05) is 6.61 Å². The molecule has 3 nitrogen and oxygen atoms in total. The number of aryl methyl sites for hydroxylation is 2. The van der Waals surface area contributed by atoms with Crippen LogP contribution < -0.4 is 14.8 Å². The van der Waals surface area contributed by atoms with E-state index in [1.807, 2.05) is 43.3 Å². The number of rotatable bonds is 11. The van der Waals surface area contributed by atoms with Crippen LogP contribution in [0.15, 0.2) is 85.1 Å².